The van der Waals surface area contributed by atoms with Gasteiger partial charge in [0.25, 0.3) is 0 Å². The lowest BCUT2D eigenvalue weighted by molar-refractivity contribution is -0.131. The number of benzene rings is 2. The zero-order chi connectivity index (χ0) is 23.7. The first-order valence-corrected chi connectivity index (χ1v) is 12.0. The molecule has 0 N–H and O–H groups in total. The van der Waals surface area contributed by atoms with Crippen LogP contribution >= 0.6 is 0 Å². The van der Waals surface area contributed by atoms with Crippen LogP contribution in [0.3, 0.4) is 0 Å². The van der Waals surface area contributed by atoms with Gasteiger partial charge < -0.3 is 4.90 Å². The summed E-state index contributed by atoms with van der Waals surface area (Å²) in [6.45, 7) is 8.13. The summed E-state index contributed by atoms with van der Waals surface area (Å²) in [6.07, 6.45) is 2.07. The van der Waals surface area contributed by atoms with Crippen LogP contribution in [0.4, 0.5) is 4.39 Å². The lowest BCUT2D eigenvalue weighted by Gasteiger charge is -2.22. The van der Waals surface area contributed by atoms with Gasteiger partial charge >= 0.3 is 0 Å². The first-order chi connectivity index (χ1) is 16.5. The molecule has 2 aromatic carbocycles. The maximum Gasteiger partial charge on any atom is 0.222 e. The van der Waals surface area contributed by atoms with Crippen LogP contribution in [0, 0.1) is 19.7 Å². The van der Waals surface area contributed by atoms with Gasteiger partial charge in [-0.1, -0.05) is 24.3 Å². The minimum absolute atomic E-state index is 0.188. The molecule has 1 fully saturated rings. The summed E-state index contributed by atoms with van der Waals surface area (Å²) in [7, 11) is 0. The molecule has 6 nitrogen and oxygen atoms in total. The fourth-order valence-corrected chi connectivity index (χ4v) is 4.95. The van der Waals surface area contributed by atoms with Crippen molar-refractivity contribution in [1.82, 2.24) is 24.4 Å². The Kier molecular flexibility index (Phi) is 6.28. The van der Waals surface area contributed by atoms with Crippen LogP contribution in [0.15, 0.2) is 48.5 Å². The Labute approximate surface area is 199 Å². The van der Waals surface area contributed by atoms with Gasteiger partial charge in [-0.15, -0.1) is 0 Å². The summed E-state index contributed by atoms with van der Waals surface area (Å²) in [6, 6.07) is 14.7. The van der Waals surface area contributed by atoms with Crippen molar-refractivity contribution in [2.75, 3.05) is 26.2 Å². The third-order valence-electron chi connectivity index (χ3n) is 6.87. The minimum Gasteiger partial charge on any atom is -0.341 e. The highest BCUT2D eigenvalue weighted by Gasteiger charge is 2.21. The number of carbonyl (C=O) groups excluding carboxylic acids is 1. The van der Waals surface area contributed by atoms with E-state index < -0.39 is 0 Å². The van der Waals surface area contributed by atoms with E-state index in [0.717, 1.165) is 78.2 Å². The van der Waals surface area contributed by atoms with Gasteiger partial charge in [0, 0.05) is 55.9 Å². The fourth-order valence-electron chi connectivity index (χ4n) is 4.95. The third-order valence-corrected chi connectivity index (χ3v) is 6.87. The van der Waals surface area contributed by atoms with E-state index in [1.165, 1.54) is 12.1 Å². The molecule has 0 radical (unpaired) electrons. The molecule has 3 heterocycles. The first kappa shape index (κ1) is 22.5. The van der Waals surface area contributed by atoms with E-state index in [1.807, 2.05) is 52.7 Å². The maximum absolute atomic E-state index is 13.2. The van der Waals surface area contributed by atoms with Crippen molar-refractivity contribution in [2.45, 2.75) is 39.7 Å². The second-order valence-corrected chi connectivity index (χ2v) is 9.15. The molecule has 1 aliphatic rings. The number of nitrogens with zero attached hydrogens (tertiary/aromatic N) is 5. The van der Waals surface area contributed by atoms with Crippen LogP contribution in [-0.2, 0) is 17.8 Å². The van der Waals surface area contributed by atoms with E-state index in [0.29, 0.717) is 12.8 Å². The SMILES string of the molecule is Cc1nc2c3ccccc3nn2c(C)c1CCC(=O)N1CCCN(Cc2ccc(F)cc2)CC1. The Balaban J connectivity index is 1.23. The monoisotopic (exact) mass is 459 g/mol. The van der Waals surface area contributed by atoms with Crippen LogP contribution in [0.25, 0.3) is 16.6 Å². The molecule has 4 aromatic rings. The molecule has 0 atom stereocenters. The zero-order valence-corrected chi connectivity index (χ0v) is 19.8. The van der Waals surface area contributed by atoms with E-state index in [4.69, 9.17) is 10.1 Å². The maximum atomic E-state index is 13.2. The molecule has 34 heavy (non-hydrogen) atoms. The Bertz CT molecular complexity index is 1330. The summed E-state index contributed by atoms with van der Waals surface area (Å²) in [5.74, 6) is -0.0230. The second-order valence-electron chi connectivity index (χ2n) is 9.15. The van der Waals surface area contributed by atoms with E-state index in [9.17, 15) is 9.18 Å². The Morgan fingerprint density at radius 2 is 1.79 bits per heavy atom. The molecule has 0 aliphatic carbocycles. The lowest BCUT2D eigenvalue weighted by Crippen LogP contribution is -2.35. The third kappa shape index (κ3) is 4.53. The van der Waals surface area contributed by atoms with Crippen molar-refractivity contribution in [1.29, 1.82) is 0 Å². The Hall–Kier alpha value is -3.32. The molecule has 0 saturated carbocycles. The number of rotatable bonds is 5. The molecular weight excluding hydrogens is 429 g/mol. The average molecular weight is 460 g/mol. The molecule has 1 saturated heterocycles. The molecule has 0 spiro atoms. The number of hydrogen-bond donors (Lipinski definition) is 0. The van der Waals surface area contributed by atoms with Gasteiger partial charge in [-0.25, -0.2) is 13.9 Å². The molecule has 5 rings (SSSR count). The van der Waals surface area contributed by atoms with Crippen molar-refractivity contribution in [2.24, 2.45) is 0 Å². The van der Waals surface area contributed by atoms with Gasteiger partial charge in [-0.2, -0.15) is 5.10 Å². The average Bonchev–Trinajstić information content (AvgIpc) is 3.04. The van der Waals surface area contributed by atoms with Crippen molar-refractivity contribution >= 4 is 22.5 Å². The zero-order valence-electron chi connectivity index (χ0n) is 19.8. The van der Waals surface area contributed by atoms with Crippen molar-refractivity contribution in [3.8, 4) is 0 Å². The molecule has 176 valence electrons. The van der Waals surface area contributed by atoms with Crippen LogP contribution in [0.5, 0.6) is 0 Å². The van der Waals surface area contributed by atoms with E-state index >= 15 is 0 Å². The van der Waals surface area contributed by atoms with E-state index in [-0.39, 0.29) is 11.7 Å². The molecule has 2 aromatic heterocycles. The van der Waals surface area contributed by atoms with Crippen molar-refractivity contribution in [3.05, 3.63) is 76.9 Å². The summed E-state index contributed by atoms with van der Waals surface area (Å²) >= 11 is 0. The Morgan fingerprint density at radius 3 is 2.62 bits per heavy atom. The number of hydrogen-bond acceptors (Lipinski definition) is 4. The van der Waals surface area contributed by atoms with Crippen LogP contribution < -0.4 is 0 Å². The lowest BCUT2D eigenvalue weighted by atomic mass is 10.1. The van der Waals surface area contributed by atoms with Gasteiger partial charge in [0.05, 0.1) is 5.52 Å². The number of halogens is 1. The smallest absolute Gasteiger partial charge is 0.222 e. The van der Waals surface area contributed by atoms with Gasteiger partial charge in [0.1, 0.15) is 5.82 Å². The minimum atomic E-state index is -0.211. The first-order valence-electron chi connectivity index (χ1n) is 12.0. The molecule has 0 unspecified atom stereocenters. The van der Waals surface area contributed by atoms with E-state index in [1.54, 1.807) is 0 Å². The molecular formula is C27H30FN5O. The van der Waals surface area contributed by atoms with Gasteiger partial charge in [-0.05, 0) is 62.1 Å². The Morgan fingerprint density at radius 1 is 1.00 bits per heavy atom. The highest BCUT2D eigenvalue weighted by molar-refractivity contribution is 5.92. The van der Waals surface area contributed by atoms with Crippen LogP contribution in [0.1, 0.15) is 35.4 Å². The van der Waals surface area contributed by atoms with Gasteiger partial charge in [-0.3, -0.25) is 9.69 Å². The highest BCUT2D eigenvalue weighted by Crippen LogP contribution is 2.23. The number of fused-ring (bicyclic) bond motifs is 3. The number of aryl methyl sites for hydroxylation is 2. The van der Waals surface area contributed by atoms with Gasteiger partial charge in [0.2, 0.25) is 5.91 Å². The quantitative estimate of drug-likeness (QED) is 0.446. The van der Waals surface area contributed by atoms with Crippen molar-refractivity contribution in [3.63, 3.8) is 0 Å². The highest BCUT2D eigenvalue weighted by atomic mass is 19.1. The molecule has 7 heteroatoms. The number of aromatic nitrogens is 3. The number of amides is 1. The normalized spacial score (nSPS) is 15.2. The summed E-state index contributed by atoms with van der Waals surface area (Å²) in [4.78, 5) is 22.2. The summed E-state index contributed by atoms with van der Waals surface area (Å²) < 4.78 is 15.1. The van der Waals surface area contributed by atoms with Crippen LogP contribution in [0.2, 0.25) is 0 Å². The second kappa shape index (κ2) is 9.50. The molecule has 1 amide bonds. The number of carbonyl (C=O) groups is 1. The largest absolute Gasteiger partial charge is 0.341 e. The standard InChI is InChI=1S/C27H30FN5O/c1-19-23(20(2)33-27(29-19)24-6-3-4-7-25(24)30-33)12-13-26(34)32-15-5-14-31(16-17-32)18-21-8-10-22(28)11-9-21/h3-4,6-11H,5,12-18H2,1-2H3. The van der Waals surface area contributed by atoms with E-state index in [2.05, 4.69) is 11.8 Å². The van der Waals surface area contributed by atoms with Crippen LogP contribution in [-0.4, -0.2) is 56.5 Å². The van der Waals surface area contributed by atoms with Crippen molar-refractivity contribution < 1.29 is 9.18 Å². The topological polar surface area (TPSA) is 53.7 Å². The van der Waals surface area contributed by atoms with Gasteiger partial charge in [0.15, 0.2) is 5.65 Å². The molecule has 0 bridgehead atoms. The molecule has 1 aliphatic heterocycles. The summed E-state index contributed by atoms with van der Waals surface area (Å²) in [5.41, 5.74) is 6.01. The predicted octanol–water partition coefficient (Wildman–Crippen LogP) is 4.31. The predicted molar refractivity (Wildman–Crippen MR) is 131 cm³/mol. The summed E-state index contributed by atoms with van der Waals surface area (Å²) in [5, 5.41) is 5.77. The fraction of sp³-hybridized carbons (Fsp3) is 0.370.